The first-order valence-electron chi connectivity index (χ1n) is 8.34. The summed E-state index contributed by atoms with van der Waals surface area (Å²) in [5, 5.41) is 9.16. The number of aromatic nitrogens is 1. The number of hydrogen-bond acceptors (Lipinski definition) is 2. The topological polar surface area (TPSA) is 68.2 Å². The van der Waals surface area contributed by atoms with Crippen LogP contribution in [0.25, 0.3) is 11.1 Å². The van der Waals surface area contributed by atoms with Crippen molar-refractivity contribution < 1.29 is 9.90 Å². The highest BCUT2D eigenvalue weighted by Crippen LogP contribution is 2.46. The number of carboxylic acid groups (broad SMARTS) is 1. The Balaban J connectivity index is 2.11. The number of nitrogens with zero attached hydrogens (tertiary/aromatic N) is 1. The summed E-state index contributed by atoms with van der Waals surface area (Å²) in [5.74, 6) is -0.720. The fourth-order valence-electron chi connectivity index (χ4n) is 4.03. The molecule has 2 heterocycles. The van der Waals surface area contributed by atoms with E-state index < -0.39 is 5.97 Å². The van der Waals surface area contributed by atoms with Gasteiger partial charge in [0.15, 0.2) is 0 Å². The minimum Gasteiger partial charge on any atom is -0.481 e. The largest absolute Gasteiger partial charge is 0.481 e. The maximum Gasteiger partial charge on any atom is 0.303 e. The number of nitrogen functional groups attached to an aromatic ring is 1. The van der Waals surface area contributed by atoms with Crippen LogP contribution < -0.4 is 5.73 Å². The lowest BCUT2D eigenvalue weighted by atomic mass is 9.70. The van der Waals surface area contributed by atoms with Crippen LogP contribution in [0.3, 0.4) is 0 Å². The number of para-hydroxylation sites is 1. The molecule has 0 spiro atoms. The first-order valence-corrected chi connectivity index (χ1v) is 8.34. The maximum absolute atomic E-state index is 11.1. The monoisotopic (exact) mass is 312 g/mol. The molecule has 1 aromatic heterocycles. The van der Waals surface area contributed by atoms with E-state index in [1.54, 1.807) is 0 Å². The van der Waals surface area contributed by atoms with Gasteiger partial charge in [-0.3, -0.25) is 4.79 Å². The molecule has 0 bridgehead atoms. The molecule has 1 atom stereocenters. The summed E-state index contributed by atoms with van der Waals surface area (Å²) in [5.41, 5.74) is 10.4. The van der Waals surface area contributed by atoms with Gasteiger partial charge in [0, 0.05) is 47.1 Å². The Bertz CT molecular complexity index is 720. The van der Waals surface area contributed by atoms with Crippen molar-refractivity contribution in [2.75, 3.05) is 5.73 Å². The van der Waals surface area contributed by atoms with Crippen molar-refractivity contribution in [3.8, 4) is 11.1 Å². The summed E-state index contributed by atoms with van der Waals surface area (Å²) >= 11 is 0. The van der Waals surface area contributed by atoms with Crippen molar-refractivity contribution in [2.24, 2.45) is 0 Å². The van der Waals surface area contributed by atoms with Crippen molar-refractivity contribution >= 4 is 11.7 Å². The highest BCUT2D eigenvalue weighted by molar-refractivity contribution is 5.79. The van der Waals surface area contributed by atoms with Crippen molar-refractivity contribution in [1.82, 2.24) is 4.57 Å². The van der Waals surface area contributed by atoms with Gasteiger partial charge in [-0.25, -0.2) is 0 Å². The molecule has 23 heavy (non-hydrogen) atoms. The van der Waals surface area contributed by atoms with Gasteiger partial charge in [0.05, 0.1) is 0 Å². The van der Waals surface area contributed by atoms with Crippen LogP contribution in [-0.2, 0) is 16.8 Å². The zero-order valence-corrected chi connectivity index (χ0v) is 13.6. The number of aryl methyl sites for hydroxylation is 1. The van der Waals surface area contributed by atoms with E-state index in [9.17, 15) is 4.79 Å². The van der Waals surface area contributed by atoms with Gasteiger partial charge >= 0.3 is 5.97 Å². The number of fused-ring (bicyclic) bond motifs is 1. The van der Waals surface area contributed by atoms with E-state index in [2.05, 4.69) is 29.8 Å². The van der Waals surface area contributed by atoms with Crippen LogP contribution >= 0.6 is 0 Å². The average molecular weight is 312 g/mol. The average Bonchev–Trinajstić information content (AvgIpc) is 2.98. The van der Waals surface area contributed by atoms with Gasteiger partial charge in [-0.2, -0.15) is 0 Å². The zero-order chi connectivity index (χ0) is 16.4. The summed E-state index contributed by atoms with van der Waals surface area (Å²) in [4.78, 5) is 11.1. The lowest BCUT2D eigenvalue weighted by Gasteiger charge is -2.39. The van der Waals surface area contributed by atoms with Gasteiger partial charge in [0.1, 0.15) is 0 Å². The number of benzene rings is 1. The lowest BCUT2D eigenvalue weighted by Crippen LogP contribution is -2.34. The molecule has 1 aliphatic rings. The molecule has 1 aromatic carbocycles. The number of rotatable bonds is 5. The van der Waals surface area contributed by atoms with Crippen LogP contribution in [-0.4, -0.2) is 15.6 Å². The van der Waals surface area contributed by atoms with Gasteiger partial charge in [-0.1, -0.05) is 25.1 Å². The van der Waals surface area contributed by atoms with Crippen LogP contribution in [0.1, 0.15) is 44.7 Å². The van der Waals surface area contributed by atoms with E-state index in [4.69, 9.17) is 10.8 Å². The van der Waals surface area contributed by atoms with Gasteiger partial charge in [0.25, 0.3) is 0 Å². The Labute approximate surface area is 136 Å². The number of aliphatic carboxylic acids is 1. The number of carboxylic acids is 1. The number of hydrogen-bond donors (Lipinski definition) is 2. The fourth-order valence-corrected chi connectivity index (χ4v) is 4.03. The molecule has 0 amide bonds. The summed E-state index contributed by atoms with van der Waals surface area (Å²) in [6, 6.07) is 10.1. The Hall–Kier alpha value is -2.23. The molecule has 0 unspecified atom stereocenters. The second-order valence-corrected chi connectivity index (χ2v) is 6.49. The lowest BCUT2D eigenvalue weighted by molar-refractivity contribution is -0.137. The predicted molar refractivity (Wildman–Crippen MR) is 92.4 cm³/mol. The van der Waals surface area contributed by atoms with Crippen LogP contribution in [0.4, 0.5) is 5.69 Å². The van der Waals surface area contributed by atoms with Crippen molar-refractivity contribution in [3.63, 3.8) is 0 Å². The van der Waals surface area contributed by atoms with E-state index in [0.717, 1.165) is 42.6 Å². The minimum atomic E-state index is -0.720. The SMILES string of the molecule is CC[C@]1(CCC(=O)O)CCCn2ccc(-c3ccccc3N)c21. The second-order valence-electron chi connectivity index (χ2n) is 6.49. The second kappa shape index (κ2) is 6.11. The quantitative estimate of drug-likeness (QED) is 0.819. The minimum absolute atomic E-state index is 0.0717. The van der Waals surface area contributed by atoms with E-state index in [-0.39, 0.29) is 11.8 Å². The number of anilines is 1. The standard InChI is InChI=1S/C19H24N2O2/c1-2-19(11-8-17(22)23)10-5-12-21-13-9-15(18(19)21)14-6-3-4-7-16(14)20/h3-4,6-7,9,13H,2,5,8,10-12,20H2,1H3,(H,22,23)/t19-/m1/s1. The molecule has 1 aliphatic heterocycles. The van der Waals surface area contributed by atoms with Crippen LogP contribution in [0, 0.1) is 0 Å². The van der Waals surface area contributed by atoms with Crippen LogP contribution in [0.15, 0.2) is 36.5 Å². The molecule has 3 rings (SSSR count). The summed E-state index contributed by atoms with van der Waals surface area (Å²) in [6.45, 7) is 3.17. The molecule has 122 valence electrons. The third-order valence-corrected chi connectivity index (χ3v) is 5.27. The van der Waals surface area contributed by atoms with Crippen molar-refractivity contribution in [1.29, 1.82) is 0 Å². The number of carbonyl (C=O) groups is 1. The first kappa shape index (κ1) is 15.7. The van der Waals surface area contributed by atoms with Crippen LogP contribution in [0.2, 0.25) is 0 Å². The molecular weight excluding hydrogens is 288 g/mol. The summed E-state index contributed by atoms with van der Waals surface area (Å²) in [6.07, 6.45) is 6.11. The van der Waals surface area contributed by atoms with Gasteiger partial charge in [0.2, 0.25) is 0 Å². The van der Waals surface area contributed by atoms with Crippen LogP contribution in [0.5, 0.6) is 0 Å². The van der Waals surface area contributed by atoms with Crippen molar-refractivity contribution in [3.05, 3.63) is 42.2 Å². The summed E-state index contributed by atoms with van der Waals surface area (Å²) in [7, 11) is 0. The zero-order valence-electron chi connectivity index (χ0n) is 13.6. The molecule has 0 saturated heterocycles. The Morgan fingerprint density at radius 2 is 2.09 bits per heavy atom. The highest BCUT2D eigenvalue weighted by atomic mass is 16.4. The molecule has 0 aliphatic carbocycles. The summed E-state index contributed by atoms with van der Waals surface area (Å²) < 4.78 is 2.30. The fraction of sp³-hybridized carbons (Fsp3) is 0.421. The van der Waals surface area contributed by atoms with E-state index >= 15 is 0 Å². The molecule has 0 saturated carbocycles. The predicted octanol–water partition coefficient (Wildman–Crippen LogP) is 4.04. The first-order chi connectivity index (χ1) is 11.1. The van der Waals surface area contributed by atoms with E-state index in [0.29, 0.717) is 6.42 Å². The van der Waals surface area contributed by atoms with Crippen molar-refractivity contribution in [2.45, 2.75) is 51.0 Å². The maximum atomic E-state index is 11.1. The molecule has 0 radical (unpaired) electrons. The molecule has 4 nitrogen and oxygen atoms in total. The number of nitrogens with two attached hydrogens (primary N) is 1. The highest BCUT2D eigenvalue weighted by Gasteiger charge is 2.38. The third-order valence-electron chi connectivity index (χ3n) is 5.27. The van der Waals surface area contributed by atoms with Gasteiger partial charge in [-0.05, 0) is 37.8 Å². The Morgan fingerprint density at radius 1 is 1.30 bits per heavy atom. The molecule has 3 N–H and O–H groups in total. The molecular formula is C19H24N2O2. The van der Waals surface area contributed by atoms with E-state index in [1.807, 2.05) is 18.2 Å². The van der Waals surface area contributed by atoms with E-state index in [1.165, 1.54) is 5.69 Å². The Morgan fingerprint density at radius 3 is 2.78 bits per heavy atom. The molecule has 2 aromatic rings. The molecule has 4 heteroatoms. The van der Waals surface area contributed by atoms with Gasteiger partial charge in [-0.15, -0.1) is 0 Å². The van der Waals surface area contributed by atoms with Gasteiger partial charge < -0.3 is 15.4 Å². The third kappa shape index (κ3) is 2.74. The smallest absolute Gasteiger partial charge is 0.303 e. The Kier molecular flexibility index (Phi) is 4.16. The molecule has 0 fully saturated rings. The normalized spacial score (nSPS) is 20.2.